The van der Waals surface area contributed by atoms with Gasteiger partial charge in [-0.15, -0.1) is 0 Å². The molecular weight excluding hydrogens is 568 g/mol. The molecule has 1 aliphatic rings. The Bertz CT molecular complexity index is 1540. The van der Waals surface area contributed by atoms with Crippen molar-refractivity contribution in [1.29, 1.82) is 0 Å². The number of nitrogens with zero attached hydrogens (tertiary/aromatic N) is 2. The maximum Gasteiger partial charge on any atom is 0.350 e. The molecule has 1 N–H and O–H groups in total. The number of Topliss-reactive ketones (excluding diaryl/α,β-unsaturated/α-hetero) is 1. The first-order valence-corrected chi connectivity index (χ1v) is 13.7. The highest BCUT2D eigenvalue weighted by Crippen LogP contribution is 2.45. The third kappa shape index (κ3) is 6.03. The number of ether oxygens (including phenoxy) is 3. The number of aryl methyl sites for hydroxylation is 1. The van der Waals surface area contributed by atoms with Crippen LogP contribution >= 0.6 is 22.9 Å². The van der Waals surface area contributed by atoms with E-state index in [0.717, 1.165) is 11.3 Å². The summed E-state index contributed by atoms with van der Waals surface area (Å²) in [5.41, 5.74) is 0.888. The number of ketones is 1. The van der Waals surface area contributed by atoms with Gasteiger partial charge in [-0.25, -0.2) is 9.78 Å². The monoisotopic (exact) mass is 594 g/mol. The van der Waals surface area contributed by atoms with Crippen LogP contribution in [0.25, 0.3) is 5.76 Å². The second-order valence-corrected chi connectivity index (χ2v) is 10.1. The van der Waals surface area contributed by atoms with Crippen molar-refractivity contribution >= 4 is 51.5 Å². The van der Waals surface area contributed by atoms with Crippen LogP contribution in [0.2, 0.25) is 5.02 Å². The molecule has 1 fully saturated rings. The Kier molecular flexibility index (Phi) is 9.26. The van der Waals surface area contributed by atoms with Crippen molar-refractivity contribution in [2.75, 3.05) is 24.7 Å². The summed E-state index contributed by atoms with van der Waals surface area (Å²) in [6, 6.07) is 10.1. The number of benzene rings is 2. The minimum Gasteiger partial charge on any atom is -0.507 e. The molecule has 41 heavy (non-hydrogen) atoms. The zero-order chi connectivity index (χ0) is 29.7. The highest BCUT2D eigenvalue weighted by molar-refractivity contribution is 7.17. The zero-order valence-electron chi connectivity index (χ0n) is 22.4. The van der Waals surface area contributed by atoms with E-state index in [4.69, 9.17) is 25.8 Å². The highest BCUT2D eigenvalue weighted by Gasteiger charge is 2.48. The number of aliphatic hydroxyl groups is 1. The van der Waals surface area contributed by atoms with Gasteiger partial charge in [-0.1, -0.05) is 54.3 Å². The van der Waals surface area contributed by atoms with Crippen LogP contribution in [0.1, 0.15) is 39.5 Å². The summed E-state index contributed by atoms with van der Waals surface area (Å²) < 4.78 is 16.7. The Labute approximate surface area is 245 Å². The van der Waals surface area contributed by atoms with Crippen LogP contribution in [0.5, 0.6) is 11.5 Å². The lowest BCUT2D eigenvalue weighted by atomic mass is 9.95. The Balaban J connectivity index is 1.91. The molecule has 1 saturated heterocycles. The maximum atomic E-state index is 13.6. The van der Waals surface area contributed by atoms with Crippen LogP contribution in [0.15, 0.2) is 73.3 Å². The van der Waals surface area contributed by atoms with E-state index in [0.29, 0.717) is 34.4 Å². The number of halogens is 1. The highest BCUT2D eigenvalue weighted by atomic mass is 35.5. The van der Waals surface area contributed by atoms with Gasteiger partial charge in [0, 0.05) is 10.6 Å². The minimum absolute atomic E-state index is 0.00239. The number of aliphatic hydroxyl groups excluding tert-OH is 1. The van der Waals surface area contributed by atoms with E-state index < -0.39 is 29.5 Å². The lowest BCUT2D eigenvalue weighted by Gasteiger charge is -2.24. The summed E-state index contributed by atoms with van der Waals surface area (Å²) in [6.45, 7) is 11.2. The fraction of sp³-hybridized carbons (Fsp3) is 0.200. The molecule has 1 aromatic heterocycles. The Morgan fingerprint density at radius 2 is 1.80 bits per heavy atom. The molecule has 0 bridgehead atoms. The molecule has 0 spiro atoms. The average molecular weight is 595 g/mol. The summed E-state index contributed by atoms with van der Waals surface area (Å²) in [4.78, 5) is 45.4. The van der Waals surface area contributed by atoms with E-state index in [9.17, 15) is 19.5 Å². The summed E-state index contributed by atoms with van der Waals surface area (Å²) in [5.74, 6) is -2.07. The third-order valence-corrected chi connectivity index (χ3v) is 7.40. The van der Waals surface area contributed by atoms with Crippen LogP contribution in [0.3, 0.4) is 0 Å². The summed E-state index contributed by atoms with van der Waals surface area (Å²) >= 11 is 6.92. The van der Waals surface area contributed by atoms with Gasteiger partial charge in [0.2, 0.25) is 0 Å². The molecule has 0 aliphatic carbocycles. The standard InChI is InChI=1S/C30H27ClN2O7S/c1-5-14-39-21-13-10-19(16-22(21)38-7-3)24-23(25(34)18-8-11-20(31)12-9-18)26(35)28(36)33(24)30-32-17(4)27(41-30)29(37)40-15-6-2/h5-6,8-13,16,24,34H,1-2,7,14-15H2,3-4H3/b25-23+. The number of carbonyl (C=O) groups excluding carboxylic acids is 3. The molecule has 1 aliphatic heterocycles. The van der Waals surface area contributed by atoms with Crippen LogP contribution in [0.4, 0.5) is 5.13 Å². The quantitative estimate of drug-likeness (QED) is 0.0939. The number of anilines is 1. The third-order valence-electron chi connectivity index (χ3n) is 6.01. The number of thiazole rings is 1. The first kappa shape index (κ1) is 29.6. The molecule has 4 rings (SSSR count). The molecule has 212 valence electrons. The molecule has 1 atom stereocenters. The number of aromatic nitrogens is 1. The van der Waals surface area contributed by atoms with Gasteiger partial charge in [0.25, 0.3) is 5.78 Å². The number of hydrogen-bond acceptors (Lipinski definition) is 9. The number of carbonyl (C=O) groups is 3. The van der Waals surface area contributed by atoms with E-state index >= 15 is 0 Å². The lowest BCUT2D eigenvalue weighted by Crippen LogP contribution is -2.29. The molecule has 11 heteroatoms. The molecule has 2 aromatic carbocycles. The zero-order valence-corrected chi connectivity index (χ0v) is 24.0. The van der Waals surface area contributed by atoms with Gasteiger partial charge in [0.15, 0.2) is 16.6 Å². The molecule has 1 amide bonds. The van der Waals surface area contributed by atoms with E-state index in [-0.39, 0.29) is 34.4 Å². The molecule has 0 saturated carbocycles. The van der Waals surface area contributed by atoms with E-state index in [2.05, 4.69) is 18.1 Å². The largest absolute Gasteiger partial charge is 0.507 e. The topological polar surface area (TPSA) is 115 Å². The van der Waals surface area contributed by atoms with Crippen molar-refractivity contribution in [3.8, 4) is 11.5 Å². The molecule has 9 nitrogen and oxygen atoms in total. The SMILES string of the molecule is C=CCOC(=O)c1sc(N2C(=O)C(=O)/C(=C(/O)c3ccc(Cl)cc3)C2c2ccc(OCC=C)c(OCC)c2)nc1C. The summed E-state index contributed by atoms with van der Waals surface area (Å²) in [5, 5.41) is 11.9. The van der Waals surface area contributed by atoms with Gasteiger partial charge in [-0.2, -0.15) is 0 Å². The first-order valence-electron chi connectivity index (χ1n) is 12.5. The van der Waals surface area contributed by atoms with Crippen LogP contribution < -0.4 is 14.4 Å². The fourth-order valence-electron chi connectivity index (χ4n) is 4.21. The maximum absolute atomic E-state index is 13.6. The van der Waals surface area contributed by atoms with Crippen molar-refractivity contribution in [3.05, 3.63) is 100 Å². The normalized spacial score (nSPS) is 16.0. The van der Waals surface area contributed by atoms with Crippen LogP contribution in [0, 0.1) is 6.92 Å². The molecule has 1 unspecified atom stereocenters. The Morgan fingerprint density at radius 3 is 2.46 bits per heavy atom. The van der Waals surface area contributed by atoms with Crippen LogP contribution in [-0.4, -0.2) is 47.6 Å². The second-order valence-electron chi connectivity index (χ2n) is 8.71. The summed E-state index contributed by atoms with van der Waals surface area (Å²) in [6.07, 6.45) is 3.02. The predicted octanol–water partition coefficient (Wildman–Crippen LogP) is 6.04. The summed E-state index contributed by atoms with van der Waals surface area (Å²) in [7, 11) is 0. The van der Waals surface area contributed by atoms with Gasteiger partial charge >= 0.3 is 11.9 Å². The Morgan fingerprint density at radius 1 is 1.10 bits per heavy atom. The number of hydrogen-bond donors (Lipinski definition) is 1. The van der Waals surface area contributed by atoms with Gasteiger partial charge in [-0.3, -0.25) is 14.5 Å². The van der Waals surface area contributed by atoms with Crippen molar-refractivity contribution in [2.45, 2.75) is 19.9 Å². The van der Waals surface area contributed by atoms with Gasteiger partial charge in [0.05, 0.1) is 23.9 Å². The second kappa shape index (κ2) is 12.8. The average Bonchev–Trinajstić information content (AvgIpc) is 3.47. The Hall–Kier alpha value is -4.41. The van der Waals surface area contributed by atoms with E-state index in [1.54, 1.807) is 55.5 Å². The molecular formula is C30H27ClN2O7S. The van der Waals surface area contributed by atoms with E-state index in [1.165, 1.54) is 11.0 Å². The first-order chi connectivity index (χ1) is 19.7. The van der Waals surface area contributed by atoms with Crippen molar-refractivity contribution in [1.82, 2.24) is 4.98 Å². The van der Waals surface area contributed by atoms with Gasteiger partial charge in [-0.05, 0) is 55.8 Å². The fourth-order valence-corrected chi connectivity index (χ4v) is 5.33. The van der Waals surface area contributed by atoms with Crippen molar-refractivity contribution in [3.63, 3.8) is 0 Å². The van der Waals surface area contributed by atoms with Crippen molar-refractivity contribution < 1.29 is 33.7 Å². The molecule has 3 aromatic rings. The van der Waals surface area contributed by atoms with Crippen molar-refractivity contribution in [2.24, 2.45) is 0 Å². The number of esters is 1. The predicted molar refractivity (Wildman–Crippen MR) is 157 cm³/mol. The number of rotatable bonds is 11. The smallest absolute Gasteiger partial charge is 0.350 e. The number of amides is 1. The van der Waals surface area contributed by atoms with Crippen LogP contribution in [-0.2, 0) is 14.3 Å². The minimum atomic E-state index is -1.11. The molecule has 0 radical (unpaired) electrons. The molecule has 2 heterocycles. The lowest BCUT2D eigenvalue weighted by molar-refractivity contribution is -0.132. The van der Waals surface area contributed by atoms with E-state index in [1.807, 2.05) is 6.92 Å². The van der Waals surface area contributed by atoms with Gasteiger partial charge < -0.3 is 19.3 Å². The van der Waals surface area contributed by atoms with Gasteiger partial charge in [0.1, 0.15) is 23.9 Å².